The first-order valence-electron chi connectivity index (χ1n) is 22.1. The number of para-hydroxylation sites is 2. The molecule has 2 heterocycles. The van der Waals surface area contributed by atoms with Gasteiger partial charge in [-0.05, 0) is 134 Å². The Bertz CT molecular complexity index is 3580. The molecule has 300 valence electrons. The first kappa shape index (κ1) is 36.1. The summed E-state index contributed by atoms with van der Waals surface area (Å²) in [6, 6.07) is 71.7. The quantitative estimate of drug-likeness (QED) is 0.173. The monoisotopic (exact) mass is 808 g/mol. The Morgan fingerprint density at radius 2 is 0.889 bits per heavy atom. The first-order valence-corrected chi connectivity index (χ1v) is 22.1. The molecule has 0 amide bonds. The maximum atomic E-state index is 6.20. The van der Waals surface area contributed by atoms with Crippen molar-refractivity contribution in [1.82, 2.24) is 4.57 Å². The van der Waals surface area contributed by atoms with E-state index < -0.39 is 0 Å². The molecule has 2 aliphatic rings. The number of furan rings is 1. The minimum Gasteiger partial charge on any atom is -0.456 e. The van der Waals surface area contributed by atoms with E-state index in [1.54, 1.807) is 0 Å². The van der Waals surface area contributed by atoms with Crippen LogP contribution in [0, 0.1) is 0 Å². The summed E-state index contributed by atoms with van der Waals surface area (Å²) in [5.41, 5.74) is 21.7. The van der Waals surface area contributed by atoms with Gasteiger partial charge in [0, 0.05) is 55.1 Å². The Hall–Kier alpha value is -7.62. The average Bonchev–Trinajstić information content (AvgIpc) is 4.00. The number of fused-ring (bicyclic) bond motifs is 12. The van der Waals surface area contributed by atoms with Crippen LogP contribution in [0.25, 0.3) is 82.8 Å². The predicted molar refractivity (Wildman–Crippen MR) is 263 cm³/mol. The van der Waals surface area contributed by atoms with Crippen LogP contribution in [-0.2, 0) is 10.8 Å². The normalized spacial score (nSPS) is 14.3. The topological polar surface area (TPSA) is 21.3 Å². The van der Waals surface area contributed by atoms with Crippen molar-refractivity contribution in [3.8, 4) is 39.1 Å². The van der Waals surface area contributed by atoms with E-state index in [-0.39, 0.29) is 10.8 Å². The lowest BCUT2D eigenvalue weighted by molar-refractivity contribution is 0.660. The van der Waals surface area contributed by atoms with Crippen molar-refractivity contribution in [2.24, 2.45) is 0 Å². The largest absolute Gasteiger partial charge is 0.456 e. The van der Waals surface area contributed by atoms with Gasteiger partial charge in [0.05, 0.1) is 11.0 Å². The molecule has 2 aliphatic carbocycles. The summed E-state index contributed by atoms with van der Waals surface area (Å²) in [7, 11) is 0. The minimum atomic E-state index is -0.110. The van der Waals surface area contributed by atoms with Gasteiger partial charge in [0.2, 0.25) is 0 Å². The molecule has 11 aromatic rings. The highest BCUT2D eigenvalue weighted by Crippen LogP contribution is 2.53. The van der Waals surface area contributed by atoms with Crippen molar-refractivity contribution in [2.75, 3.05) is 4.90 Å². The zero-order valence-corrected chi connectivity index (χ0v) is 35.8. The van der Waals surface area contributed by atoms with E-state index in [0.717, 1.165) is 44.7 Å². The maximum Gasteiger partial charge on any atom is 0.135 e. The first-order chi connectivity index (χ1) is 30.7. The number of hydrogen-bond acceptors (Lipinski definition) is 2. The van der Waals surface area contributed by atoms with Crippen molar-refractivity contribution in [3.63, 3.8) is 0 Å². The van der Waals surface area contributed by atoms with Gasteiger partial charge < -0.3 is 13.9 Å². The van der Waals surface area contributed by atoms with E-state index in [0.29, 0.717) is 0 Å². The van der Waals surface area contributed by atoms with Gasteiger partial charge in [-0.15, -0.1) is 0 Å². The van der Waals surface area contributed by atoms with E-state index in [1.807, 2.05) is 12.1 Å². The van der Waals surface area contributed by atoms with Crippen LogP contribution in [-0.4, -0.2) is 4.57 Å². The summed E-state index contributed by atoms with van der Waals surface area (Å²) in [4.78, 5) is 2.46. The molecule has 0 aliphatic heterocycles. The van der Waals surface area contributed by atoms with E-state index in [1.165, 1.54) is 77.4 Å². The third kappa shape index (κ3) is 5.14. The molecule has 0 radical (unpaired) electrons. The van der Waals surface area contributed by atoms with Crippen LogP contribution >= 0.6 is 0 Å². The summed E-state index contributed by atoms with van der Waals surface area (Å²) in [6.45, 7) is 9.46. The SMILES string of the molecule is CC1(C)c2ccccc2-c2ccc(N(c3ccc(-c4ccc5c(c4)c4ccccc4n5-c4ccc5oc6ccccc6c5c4)cc3)c3ccc4c(c3)C(C)(C)c3ccccc3-4)cc21. The van der Waals surface area contributed by atoms with Crippen molar-refractivity contribution < 1.29 is 4.42 Å². The Kier molecular flexibility index (Phi) is 7.42. The maximum absolute atomic E-state index is 6.20. The molecule has 0 N–H and O–H groups in total. The Morgan fingerprint density at radius 3 is 1.57 bits per heavy atom. The fraction of sp³-hybridized carbons (Fsp3) is 0.100. The highest BCUT2D eigenvalue weighted by molar-refractivity contribution is 6.11. The molecule has 0 spiro atoms. The highest BCUT2D eigenvalue weighted by atomic mass is 16.3. The third-order valence-electron chi connectivity index (χ3n) is 14.4. The van der Waals surface area contributed by atoms with Gasteiger partial charge in [0.25, 0.3) is 0 Å². The van der Waals surface area contributed by atoms with Crippen LogP contribution in [0.2, 0.25) is 0 Å². The standard InChI is InChI=1S/C60H44N2O/c1-59(2)51-17-9-5-13-43(51)45-29-26-41(35-53(45)59)61(42-27-30-46-44-14-6-10-18-52(44)60(3,4)54(46)36-42)39-24-21-37(22-25-39)38-23-31-56-49(33-38)47-15-7-11-19-55(47)62(56)40-28-32-58-50(34-40)48-16-8-12-20-57(48)63-58/h5-36H,1-4H3. The third-order valence-corrected chi connectivity index (χ3v) is 14.4. The van der Waals surface area contributed by atoms with Gasteiger partial charge in [-0.3, -0.25) is 0 Å². The molecule has 9 aromatic carbocycles. The summed E-state index contributed by atoms with van der Waals surface area (Å²) in [6.07, 6.45) is 0. The van der Waals surface area contributed by atoms with E-state index in [9.17, 15) is 0 Å². The van der Waals surface area contributed by atoms with E-state index in [2.05, 4.69) is 219 Å². The van der Waals surface area contributed by atoms with E-state index in [4.69, 9.17) is 4.42 Å². The van der Waals surface area contributed by atoms with Gasteiger partial charge in [0.15, 0.2) is 0 Å². The van der Waals surface area contributed by atoms with Crippen LogP contribution in [0.15, 0.2) is 199 Å². The molecule has 0 unspecified atom stereocenters. The van der Waals surface area contributed by atoms with Crippen LogP contribution in [0.3, 0.4) is 0 Å². The summed E-state index contributed by atoms with van der Waals surface area (Å²) < 4.78 is 8.59. The molecular formula is C60H44N2O. The fourth-order valence-electron chi connectivity index (χ4n) is 11.2. The molecule has 0 fully saturated rings. The second-order valence-electron chi connectivity index (χ2n) is 18.5. The Balaban J connectivity index is 0.928. The fourth-order valence-corrected chi connectivity index (χ4v) is 11.2. The lowest BCUT2D eigenvalue weighted by Gasteiger charge is -2.30. The van der Waals surface area contributed by atoms with Crippen LogP contribution < -0.4 is 4.90 Å². The second kappa shape index (κ2) is 13.0. The molecule has 2 aromatic heterocycles. The van der Waals surface area contributed by atoms with Crippen molar-refractivity contribution in [1.29, 1.82) is 0 Å². The summed E-state index contributed by atoms with van der Waals surface area (Å²) in [5, 5.41) is 4.73. The molecule has 63 heavy (non-hydrogen) atoms. The molecule has 3 nitrogen and oxygen atoms in total. The highest BCUT2D eigenvalue weighted by Gasteiger charge is 2.37. The lowest BCUT2D eigenvalue weighted by atomic mass is 9.82. The number of aromatic nitrogens is 1. The number of anilines is 3. The van der Waals surface area contributed by atoms with Gasteiger partial charge in [-0.1, -0.05) is 143 Å². The lowest BCUT2D eigenvalue weighted by Crippen LogP contribution is -2.18. The van der Waals surface area contributed by atoms with Gasteiger partial charge >= 0.3 is 0 Å². The predicted octanol–water partition coefficient (Wildman–Crippen LogP) is 16.4. The van der Waals surface area contributed by atoms with Crippen molar-refractivity contribution >= 4 is 60.8 Å². The zero-order valence-electron chi connectivity index (χ0n) is 35.8. The smallest absolute Gasteiger partial charge is 0.135 e. The van der Waals surface area contributed by atoms with Crippen molar-refractivity contribution in [3.05, 3.63) is 216 Å². The summed E-state index contributed by atoms with van der Waals surface area (Å²) in [5.74, 6) is 0. The van der Waals surface area contributed by atoms with Gasteiger partial charge in [-0.2, -0.15) is 0 Å². The number of rotatable bonds is 5. The average molecular weight is 809 g/mol. The molecular weight excluding hydrogens is 765 g/mol. The number of nitrogens with zero attached hydrogens (tertiary/aromatic N) is 2. The Morgan fingerprint density at radius 1 is 0.365 bits per heavy atom. The zero-order chi connectivity index (χ0) is 42.2. The van der Waals surface area contributed by atoms with Crippen LogP contribution in [0.5, 0.6) is 0 Å². The molecule has 3 heteroatoms. The Labute approximate surface area is 367 Å². The number of hydrogen-bond donors (Lipinski definition) is 0. The van der Waals surface area contributed by atoms with Gasteiger partial charge in [-0.25, -0.2) is 0 Å². The molecule has 0 saturated heterocycles. The van der Waals surface area contributed by atoms with E-state index >= 15 is 0 Å². The number of benzene rings is 9. The van der Waals surface area contributed by atoms with Crippen molar-refractivity contribution in [2.45, 2.75) is 38.5 Å². The molecule has 0 bridgehead atoms. The van der Waals surface area contributed by atoms with Crippen LogP contribution in [0.4, 0.5) is 17.1 Å². The molecule has 13 rings (SSSR count). The van der Waals surface area contributed by atoms with Gasteiger partial charge in [0.1, 0.15) is 11.2 Å². The van der Waals surface area contributed by atoms with Crippen LogP contribution in [0.1, 0.15) is 49.9 Å². The molecule has 0 saturated carbocycles. The minimum absolute atomic E-state index is 0.110. The molecule has 0 atom stereocenters. The summed E-state index contributed by atoms with van der Waals surface area (Å²) >= 11 is 0. The second-order valence-corrected chi connectivity index (χ2v) is 18.5.